The van der Waals surface area contributed by atoms with Gasteiger partial charge in [0.25, 0.3) is 0 Å². The van der Waals surface area contributed by atoms with Gasteiger partial charge in [0.15, 0.2) is 0 Å². The van der Waals surface area contributed by atoms with Crippen LogP contribution in [0.1, 0.15) is 41.0 Å². The number of ether oxygens (including phenoxy) is 1. The summed E-state index contributed by atoms with van der Waals surface area (Å²) in [7, 11) is 0. The largest absolute Gasteiger partial charge is 0.480 e. The molecule has 0 spiro atoms. The van der Waals surface area contributed by atoms with Gasteiger partial charge in [-0.3, -0.25) is 4.79 Å². The van der Waals surface area contributed by atoms with Crippen molar-refractivity contribution in [3.8, 4) is 11.8 Å². The van der Waals surface area contributed by atoms with Crippen molar-refractivity contribution in [1.82, 2.24) is 0 Å². The topological polar surface area (TPSA) is 49.8 Å². The predicted octanol–water partition coefficient (Wildman–Crippen LogP) is 2.30. The SMILES string of the molecule is CC#CC(C)(CC(C)(C)C1OC1C)C(=O)O. The zero-order valence-corrected chi connectivity index (χ0v) is 10.6. The molecule has 0 saturated carbocycles. The normalized spacial score (nSPS) is 27.6. The second-order valence-electron chi connectivity index (χ2n) is 5.44. The minimum absolute atomic E-state index is 0.156. The Hall–Kier alpha value is -1.01. The summed E-state index contributed by atoms with van der Waals surface area (Å²) < 4.78 is 5.44. The summed E-state index contributed by atoms with van der Waals surface area (Å²) in [5.41, 5.74) is -1.14. The second-order valence-corrected chi connectivity index (χ2v) is 5.44. The first kappa shape index (κ1) is 13.1. The zero-order chi connectivity index (χ0) is 12.6. The maximum Gasteiger partial charge on any atom is 0.321 e. The van der Waals surface area contributed by atoms with Gasteiger partial charge in [0.05, 0.1) is 12.2 Å². The number of hydrogen-bond acceptors (Lipinski definition) is 2. The van der Waals surface area contributed by atoms with Gasteiger partial charge >= 0.3 is 5.97 Å². The van der Waals surface area contributed by atoms with Crippen molar-refractivity contribution < 1.29 is 14.6 Å². The Labute approximate surface area is 97.2 Å². The van der Waals surface area contributed by atoms with E-state index >= 15 is 0 Å². The first-order chi connectivity index (χ1) is 7.23. The molecule has 1 rings (SSSR count). The van der Waals surface area contributed by atoms with Crippen LogP contribution in [0, 0.1) is 22.7 Å². The van der Waals surface area contributed by atoms with Gasteiger partial charge in [0.1, 0.15) is 5.41 Å². The number of carbonyl (C=O) groups is 1. The summed E-state index contributed by atoms with van der Waals surface area (Å²) in [6, 6.07) is 0. The molecular formula is C13H20O3. The van der Waals surface area contributed by atoms with Gasteiger partial charge in [0, 0.05) is 0 Å². The summed E-state index contributed by atoms with van der Waals surface area (Å²) in [6.45, 7) is 9.44. The number of rotatable bonds is 4. The first-order valence-corrected chi connectivity index (χ1v) is 5.56. The minimum Gasteiger partial charge on any atom is -0.480 e. The average Bonchev–Trinajstić information content (AvgIpc) is 2.82. The molecule has 1 N–H and O–H groups in total. The van der Waals surface area contributed by atoms with Crippen molar-refractivity contribution in [3.05, 3.63) is 0 Å². The van der Waals surface area contributed by atoms with Gasteiger partial charge in [-0.15, -0.1) is 5.92 Å². The molecule has 1 fully saturated rings. The molecule has 16 heavy (non-hydrogen) atoms. The Bertz CT molecular complexity index is 348. The number of hydrogen-bond donors (Lipinski definition) is 1. The number of aliphatic carboxylic acids is 1. The molecule has 90 valence electrons. The van der Waals surface area contributed by atoms with Gasteiger partial charge in [-0.2, -0.15) is 0 Å². The highest BCUT2D eigenvalue weighted by Crippen LogP contribution is 2.45. The summed E-state index contributed by atoms with van der Waals surface area (Å²) in [6.07, 6.45) is 0.901. The molecule has 0 aromatic rings. The van der Waals surface area contributed by atoms with E-state index in [1.807, 2.05) is 20.8 Å². The third-order valence-electron chi connectivity index (χ3n) is 3.16. The van der Waals surface area contributed by atoms with Crippen LogP contribution >= 0.6 is 0 Å². The van der Waals surface area contributed by atoms with Gasteiger partial charge in [-0.25, -0.2) is 0 Å². The van der Waals surface area contributed by atoms with Crippen molar-refractivity contribution in [1.29, 1.82) is 0 Å². The van der Waals surface area contributed by atoms with E-state index in [0.29, 0.717) is 6.42 Å². The second kappa shape index (κ2) is 4.10. The van der Waals surface area contributed by atoms with E-state index in [1.165, 1.54) is 0 Å². The molecule has 0 aromatic carbocycles. The lowest BCUT2D eigenvalue weighted by Gasteiger charge is -2.30. The molecule has 0 aliphatic carbocycles. The molecule has 0 amide bonds. The van der Waals surface area contributed by atoms with E-state index in [1.54, 1.807) is 13.8 Å². The van der Waals surface area contributed by atoms with Crippen LogP contribution in [-0.2, 0) is 9.53 Å². The van der Waals surface area contributed by atoms with Crippen molar-refractivity contribution in [3.63, 3.8) is 0 Å². The minimum atomic E-state index is -0.982. The number of epoxide rings is 1. The Balaban J connectivity index is 2.82. The van der Waals surface area contributed by atoms with Crippen LogP contribution in [0.15, 0.2) is 0 Å². The molecule has 3 nitrogen and oxygen atoms in total. The van der Waals surface area contributed by atoms with Crippen LogP contribution in [0.25, 0.3) is 0 Å². The monoisotopic (exact) mass is 224 g/mol. The molecule has 0 radical (unpaired) electrons. The third-order valence-corrected chi connectivity index (χ3v) is 3.16. The summed E-state index contributed by atoms with van der Waals surface area (Å²) in [5, 5.41) is 9.25. The lowest BCUT2D eigenvalue weighted by molar-refractivity contribution is -0.146. The van der Waals surface area contributed by atoms with Crippen LogP contribution in [-0.4, -0.2) is 23.3 Å². The van der Waals surface area contributed by atoms with E-state index in [-0.39, 0.29) is 17.6 Å². The quantitative estimate of drug-likeness (QED) is 0.589. The lowest BCUT2D eigenvalue weighted by atomic mass is 9.72. The van der Waals surface area contributed by atoms with Crippen LogP contribution in [0.3, 0.4) is 0 Å². The maximum atomic E-state index is 11.3. The van der Waals surface area contributed by atoms with E-state index in [2.05, 4.69) is 11.8 Å². The fourth-order valence-electron chi connectivity index (χ4n) is 2.47. The molecule has 1 aliphatic heterocycles. The van der Waals surface area contributed by atoms with Gasteiger partial charge in [-0.1, -0.05) is 19.8 Å². The molecule has 1 saturated heterocycles. The highest BCUT2D eigenvalue weighted by Gasteiger charge is 2.50. The van der Waals surface area contributed by atoms with E-state index in [0.717, 1.165) is 0 Å². The molecule has 3 unspecified atom stereocenters. The maximum absolute atomic E-state index is 11.3. The first-order valence-electron chi connectivity index (χ1n) is 5.56. The molecule has 0 bridgehead atoms. The van der Waals surface area contributed by atoms with Gasteiger partial charge in [-0.05, 0) is 32.6 Å². The molecular weight excluding hydrogens is 204 g/mol. The van der Waals surface area contributed by atoms with Crippen molar-refractivity contribution in [2.24, 2.45) is 10.8 Å². The highest BCUT2D eigenvalue weighted by atomic mass is 16.6. The van der Waals surface area contributed by atoms with E-state index < -0.39 is 11.4 Å². The molecule has 3 heteroatoms. The smallest absolute Gasteiger partial charge is 0.321 e. The molecule has 0 aromatic heterocycles. The fraction of sp³-hybridized carbons (Fsp3) is 0.769. The Kier molecular flexibility index (Phi) is 3.35. The number of carboxylic acids is 1. The summed E-state index contributed by atoms with van der Waals surface area (Å²) >= 11 is 0. The van der Waals surface area contributed by atoms with Crippen molar-refractivity contribution in [2.75, 3.05) is 0 Å². The van der Waals surface area contributed by atoms with Gasteiger partial charge in [0.2, 0.25) is 0 Å². The third kappa shape index (κ3) is 2.56. The number of carboxylic acid groups (broad SMARTS) is 1. The van der Waals surface area contributed by atoms with Crippen LogP contribution in [0.2, 0.25) is 0 Å². The summed E-state index contributed by atoms with van der Waals surface area (Å²) in [5.74, 6) is 4.66. The van der Waals surface area contributed by atoms with Crippen LogP contribution in [0.5, 0.6) is 0 Å². The molecule has 1 heterocycles. The van der Waals surface area contributed by atoms with Crippen LogP contribution in [0.4, 0.5) is 0 Å². The standard InChI is InChI=1S/C13H20O3/c1-6-7-13(5,11(14)15)8-12(3,4)10-9(2)16-10/h9-10H,8H2,1-5H3,(H,14,15). The summed E-state index contributed by atoms with van der Waals surface area (Å²) in [4.78, 5) is 11.3. The Morgan fingerprint density at radius 3 is 2.25 bits per heavy atom. The Morgan fingerprint density at radius 1 is 1.44 bits per heavy atom. The average molecular weight is 224 g/mol. The zero-order valence-electron chi connectivity index (χ0n) is 10.6. The molecule has 3 atom stereocenters. The van der Waals surface area contributed by atoms with Crippen molar-refractivity contribution in [2.45, 2.75) is 53.2 Å². The highest BCUT2D eigenvalue weighted by molar-refractivity contribution is 5.78. The van der Waals surface area contributed by atoms with E-state index in [4.69, 9.17) is 4.74 Å². The fourth-order valence-corrected chi connectivity index (χ4v) is 2.47. The van der Waals surface area contributed by atoms with Gasteiger partial charge < -0.3 is 9.84 Å². The predicted molar refractivity (Wildman–Crippen MR) is 61.9 cm³/mol. The van der Waals surface area contributed by atoms with E-state index in [9.17, 15) is 9.90 Å². The Morgan fingerprint density at radius 2 is 1.94 bits per heavy atom. The lowest BCUT2D eigenvalue weighted by Crippen LogP contribution is -2.35. The van der Waals surface area contributed by atoms with Crippen molar-refractivity contribution >= 4 is 5.97 Å². The molecule has 1 aliphatic rings. The van der Waals surface area contributed by atoms with Crippen LogP contribution < -0.4 is 0 Å².